The van der Waals surface area contributed by atoms with Crippen LogP contribution in [0.5, 0.6) is 0 Å². The molecule has 1 aromatic carbocycles. The number of likely N-dealkylation sites (tertiary alicyclic amines) is 1. The van der Waals surface area contributed by atoms with Crippen LogP contribution in [0.15, 0.2) is 60.1 Å². The SMILES string of the molecule is O=C(c1cccs1)c1ccccc1C(=O)N1CCCC(c2nnc3ccc(C(F)(F)F)cn23)C1. The van der Waals surface area contributed by atoms with Crippen LogP contribution in [0.3, 0.4) is 0 Å². The Bertz CT molecular complexity index is 1360. The van der Waals surface area contributed by atoms with Gasteiger partial charge in [0.15, 0.2) is 5.65 Å². The molecule has 1 amide bonds. The predicted octanol–water partition coefficient (Wildman–Crippen LogP) is 5.06. The first-order valence-corrected chi connectivity index (χ1v) is 11.6. The second-order valence-electron chi connectivity index (χ2n) is 8.14. The minimum absolute atomic E-state index is 0.212. The van der Waals surface area contributed by atoms with Gasteiger partial charge in [0.2, 0.25) is 5.78 Å². The second-order valence-corrected chi connectivity index (χ2v) is 9.09. The van der Waals surface area contributed by atoms with E-state index in [1.165, 1.54) is 21.8 Å². The van der Waals surface area contributed by atoms with E-state index in [1.54, 1.807) is 46.7 Å². The number of hydrogen-bond acceptors (Lipinski definition) is 5. The molecule has 1 unspecified atom stereocenters. The zero-order valence-electron chi connectivity index (χ0n) is 17.8. The molecule has 1 aliphatic rings. The first-order chi connectivity index (χ1) is 16.3. The minimum Gasteiger partial charge on any atom is -0.338 e. The number of thiophene rings is 1. The lowest BCUT2D eigenvalue weighted by Crippen LogP contribution is -2.40. The average Bonchev–Trinajstić information content (AvgIpc) is 3.52. The highest BCUT2D eigenvalue weighted by molar-refractivity contribution is 7.12. The van der Waals surface area contributed by atoms with Crippen molar-refractivity contribution in [3.63, 3.8) is 0 Å². The molecular weight excluding hydrogens is 465 g/mol. The molecule has 0 spiro atoms. The number of piperidine rings is 1. The monoisotopic (exact) mass is 484 g/mol. The number of halogens is 3. The summed E-state index contributed by atoms with van der Waals surface area (Å²) in [6.07, 6.45) is -2.16. The van der Waals surface area contributed by atoms with Gasteiger partial charge in [0, 0.05) is 30.8 Å². The lowest BCUT2D eigenvalue weighted by Gasteiger charge is -2.32. The zero-order valence-corrected chi connectivity index (χ0v) is 18.6. The summed E-state index contributed by atoms with van der Waals surface area (Å²) in [4.78, 5) is 28.6. The van der Waals surface area contributed by atoms with Crippen LogP contribution >= 0.6 is 11.3 Å². The first-order valence-electron chi connectivity index (χ1n) is 10.7. The fourth-order valence-electron chi connectivity index (χ4n) is 4.31. The van der Waals surface area contributed by atoms with Gasteiger partial charge < -0.3 is 4.90 Å². The lowest BCUT2D eigenvalue weighted by molar-refractivity contribution is -0.137. The maximum absolute atomic E-state index is 13.4. The highest BCUT2D eigenvalue weighted by atomic mass is 32.1. The van der Waals surface area contributed by atoms with E-state index in [4.69, 9.17) is 0 Å². The van der Waals surface area contributed by atoms with Crippen LogP contribution in [0.2, 0.25) is 0 Å². The van der Waals surface area contributed by atoms with E-state index < -0.39 is 11.7 Å². The van der Waals surface area contributed by atoms with E-state index in [0.29, 0.717) is 46.9 Å². The molecule has 0 bridgehead atoms. The van der Waals surface area contributed by atoms with Crippen LogP contribution in [0.25, 0.3) is 5.65 Å². The van der Waals surface area contributed by atoms with Gasteiger partial charge in [-0.25, -0.2) is 0 Å². The quantitative estimate of drug-likeness (QED) is 0.380. The summed E-state index contributed by atoms with van der Waals surface area (Å²) >= 11 is 1.31. The van der Waals surface area contributed by atoms with Gasteiger partial charge in [-0.05, 0) is 42.5 Å². The molecule has 174 valence electrons. The number of aromatic nitrogens is 3. The van der Waals surface area contributed by atoms with Crippen molar-refractivity contribution < 1.29 is 22.8 Å². The summed E-state index contributed by atoms with van der Waals surface area (Å²) < 4.78 is 41.0. The Morgan fingerprint density at radius 2 is 1.79 bits per heavy atom. The van der Waals surface area contributed by atoms with Crippen molar-refractivity contribution in [2.24, 2.45) is 0 Å². The van der Waals surface area contributed by atoms with Gasteiger partial charge in [-0.1, -0.05) is 24.3 Å². The summed E-state index contributed by atoms with van der Waals surface area (Å²) in [6.45, 7) is 0.763. The molecule has 0 N–H and O–H groups in total. The Kier molecular flexibility index (Phi) is 5.68. The third-order valence-corrected chi connectivity index (χ3v) is 6.85. The summed E-state index contributed by atoms with van der Waals surface area (Å²) in [6, 6.07) is 12.5. The summed E-state index contributed by atoms with van der Waals surface area (Å²) in [7, 11) is 0. The normalized spacial score (nSPS) is 16.7. The van der Waals surface area contributed by atoms with E-state index in [1.807, 2.05) is 0 Å². The molecule has 1 fully saturated rings. The molecule has 10 heteroatoms. The summed E-state index contributed by atoms with van der Waals surface area (Å²) in [5, 5.41) is 9.96. The number of alkyl halides is 3. The van der Waals surface area contributed by atoms with Crippen LogP contribution in [-0.2, 0) is 6.18 Å². The molecule has 0 radical (unpaired) electrons. The van der Waals surface area contributed by atoms with Crippen molar-refractivity contribution in [2.75, 3.05) is 13.1 Å². The van der Waals surface area contributed by atoms with Crippen LogP contribution < -0.4 is 0 Å². The fraction of sp³-hybridized carbons (Fsp3) is 0.250. The number of hydrogen-bond donors (Lipinski definition) is 0. The van der Waals surface area contributed by atoms with E-state index in [0.717, 1.165) is 12.3 Å². The maximum Gasteiger partial charge on any atom is 0.417 e. The van der Waals surface area contributed by atoms with Gasteiger partial charge in [-0.2, -0.15) is 13.2 Å². The Morgan fingerprint density at radius 1 is 1.00 bits per heavy atom. The number of carbonyl (C=O) groups is 2. The standard InChI is InChI=1S/C24H19F3N4O2S/c25-24(26,27)16-9-10-20-28-29-22(31(20)14-16)15-5-3-11-30(13-15)23(33)18-7-2-1-6-17(18)21(32)19-8-4-12-34-19/h1-2,4,6-10,12,14-15H,3,5,11,13H2. The predicted molar refractivity (Wildman–Crippen MR) is 120 cm³/mol. The molecule has 1 aliphatic heterocycles. The summed E-state index contributed by atoms with van der Waals surface area (Å²) in [5.74, 6) is -0.386. The maximum atomic E-state index is 13.4. The highest BCUT2D eigenvalue weighted by Crippen LogP contribution is 2.32. The minimum atomic E-state index is -4.48. The fourth-order valence-corrected chi connectivity index (χ4v) is 4.98. The number of rotatable bonds is 4. The molecule has 0 saturated carbocycles. The second kappa shape index (κ2) is 8.68. The number of amides is 1. The topological polar surface area (TPSA) is 67.6 Å². The number of ketones is 1. The van der Waals surface area contributed by atoms with E-state index in [2.05, 4.69) is 10.2 Å². The van der Waals surface area contributed by atoms with Gasteiger partial charge in [-0.3, -0.25) is 14.0 Å². The van der Waals surface area contributed by atoms with Crippen molar-refractivity contribution in [1.82, 2.24) is 19.5 Å². The summed E-state index contributed by atoms with van der Waals surface area (Å²) in [5.41, 5.74) is 0.177. The lowest BCUT2D eigenvalue weighted by atomic mass is 9.95. The molecule has 0 aliphatic carbocycles. The number of fused-ring (bicyclic) bond motifs is 1. The van der Waals surface area contributed by atoms with Gasteiger partial charge >= 0.3 is 6.18 Å². The molecular formula is C24H19F3N4O2S. The van der Waals surface area contributed by atoms with Crippen LogP contribution in [0.1, 0.15) is 55.7 Å². The Labute approximate surface area is 196 Å². The van der Waals surface area contributed by atoms with Crippen molar-refractivity contribution in [1.29, 1.82) is 0 Å². The molecule has 1 saturated heterocycles. The number of pyridine rings is 1. The third kappa shape index (κ3) is 4.09. The smallest absolute Gasteiger partial charge is 0.338 e. The molecule has 4 aromatic rings. The molecule has 6 nitrogen and oxygen atoms in total. The van der Waals surface area contributed by atoms with Gasteiger partial charge in [0.25, 0.3) is 5.91 Å². The van der Waals surface area contributed by atoms with E-state index in [-0.39, 0.29) is 24.2 Å². The van der Waals surface area contributed by atoms with E-state index >= 15 is 0 Å². The Hall–Kier alpha value is -3.53. The van der Waals surface area contributed by atoms with Crippen molar-refractivity contribution >= 4 is 28.7 Å². The van der Waals surface area contributed by atoms with Crippen molar-refractivity contribution in [3.05, 3.63) is 87.5 Å². The number of nitrogens with zero attached hydrogens (tertiary/aromatic N) is 4. The van der Waals surface area contributed by atoms with Crippen molar-refractivity contribution in [3.8, 4) is 0 Å². The van der Waals surface area contributed by atoms with Crippen LogP contribution in [0, 0.1) is 0 Å². The zero-order chi connectivity index (χ0) is 23.9. The molecule has 4 heterocycles. The molecule has 3 aromatic heterocycles. The molecule has 34 heavy (non-hydrogen) atoms. The number of carbonyl (C=O) groups excluding carboxylic acids is 2. The highest BCUT2D eigenvalue weighted by Gasteiger charge is 2.33. The van der Waals surface area contributed by atoms with Gasteiger partial charge in [0.05, 0.1) is 16.0 Å². The van der Waals surface area contributed by atoms with E-state index in [9.17, 15) is 22.8 Å². The van der Waals surface area contributed by atoms with Crippen LogP contribution in [0.4, 0.5) is 13.2 Å². The first kappa shape index (κ1) is 22.3. The van der Waals surface area contributed by atoms with Gasteiger partial charge in [0.1, 0.15) is 5.82 Å². The Morgan fingerprint density at radius 3 is 2.53 bits per heavy atom. The molecule has 5 rings (SSSR count). The van der Waals surface area contributed by atoms with Gasteiger partial charge in [-0.15, -0.1) is 21.5 Å². The third-order valence-electron chi connectivity index (χ3n) is 5.98. The average molecular weight is 485 g/mol. The Balaban J connectivity index is 1.43. The molecule has 1 atom stereocenters. The van der Waals surface area contributed by atoms with Crippen molar-refractivity contribution in [2.45, 2.75) is 24.9 Å². The van der Waals surface area contributed by atoms with Crippen LogP contribution in [-0.4, -0.2) is 44.3 Å². The largest absolute Gasteiger partial charge is 0.417 e. The number of benzene rings is 1.